The van der Waals surface area contributed by atoms with Crippen LogP contribution in [-0.2, 0) is 26.4 Å². The summed E-state index contributed by atoms with van der Waals surface area (Å²) in [6, 6.07) is 4.74. The van der Waals surface area contributed by atoms with Crippen LogP contribution >= 0.6 is 11.3 Å². The van der Waals surface area contributed by atoms with Gasteiger partial charge < -0.3 is 5.32 Å². The van der Waals surface area contributed by atoms with Gasteiger partial charge in [0.2, 0.25) is 15.9 Å². The van der Waals surface area contributed by atoms with Gasteiger partial charge in [0, 0.05) is 16.6 Å². The van der Waals surface area contributed by atoms with Gasteiger partial charge in [-0.2, -0.15) is 13.2 Å². The second-order valence-electron chi connectivity index (χ2n) is 8.78. The van der Waals surface area contributed by atoms with E-state index >= 15 is 0 Å². The van der Waals surface area contributed by atoms with Crippen molar-refractivity contribution in [3.8, 4) is 11.3 Å². The van der Waals surface area contributed by atoms with Crippen LogP contribution in [0.2, 0.25) is 0 Å². The summed E-state index contributed by atoms with van der Waals surface area (Å²) < 4.78 is 65.6. The Bertz CT molecular complexity index is 1380. The molecule has 2 N–H and O–H groups in total. The summed E-state index contributed by atoms with van der Waals surface area (Å²) in [5.41, 5.74) is -0.207. The quantitative estimate of drug-likeness (QED) is 0.460. The molecule has 0 atom stereocenters. The molecule has 2 aromatic heterocycles. The van der Waals surface area contributed by atoms with Crippen LogP contribution in [0.15, 0.2) is 36.0 Å². The van der Waals surface area contributed by atoms with Crippen LogP contribution in [0.5, 0.6) is 0 Å². The molecule has 1 aliphatic carbocycles. The van der Waals surface area contributed by atoms with Crippen LogP contribution in [0, 0.1) is 6.92 Å². The molecule has 0 radical (unpaired) electrons. The van der Waals surface area contributed by atoms with Gasteiger partial charge in [-0.1, -0.05) is 6.07 Å². The molecule has 0 saturated heterocycles. The summed E-state index contributed by atoms with van der Waals surface area (Å²) >= 11 is 1.10. The Kier molecular flexibility index (Phi) is 6.34. The SMILES string of the molecule is Cc1cc(-c2cncc(C(F)(F)F)n2)ccc1NC(=O)C(C)(C)c1csc(NS(=O)(=O)C2CC2)n1. The Morgan fingerprint density at radius 2 is 1.83 bits per heavy atom. The van der Waals surface area contributed by atoms with Crippen LogP contribution in [0.3, 0.4) is 0 Å². The summed E-state index contributed by atoms with van der Waals surface area (Å²) in [4.78, 5) is 24.6. The highest BCUT2D eigenvalue weighted by Gasteiger charge is 2.37. The van der Waals surface area contributed by atoms with Crippen LogP contribution in [0.1, 0.15) is 43.6 Å². The van der Waals surface area contributed by atoms with Gasteiger partial charge in [-0.25, -0.2) is 18.4 Å². The molecule has 2 heterocycles. The summed E-state index contributed by atoms with van der Waals surface area (Å²) in [6.45, 7) is 5.04. The van der Waals surface area contributed by atoms with Crippen molar-refractivity contribution in [1.29, 1.82) is 0 Å². The van der Waals surface area contributed by atoms with E-state index in [1.807, 2.05) is 0 Å². The van der Waals surface area contributed by atoms with Gasteiger partial charge in [-0.3, -0.25) is 14.5 Å². The number of sulfonamides is 1. The first kappa shape index (κ1) is 25.0. The minimum atomic E-state index is -4.61. The molecule has 0 unspecified atom stereocenters. The molecule has 0 bridgehead atoms. The molecule has 1 aromatic carbocycles. The Hall–Kier alpha value is -3.06. The monoisotopic (exact) mass is 525 g/mol. The van der Waals surface area contributed by atoms with Crippen LogP contribution < -0.4 is 10.0 Å². The van der Waals surface area contributed by atoms with E-state index in [2.05, 4.69) is 25.0 Å². The molecular weight excluding hydrogens is 503 g/mol. The predicted molar refractivity (Wildman–Crippen MR) is 127 cm³/mol. The lowest BCUT2D eigenvalue weighted by atomic mass is 9.88. The summed E-state index contributed by atoms with van der Waals surface area (Å²) in [5, 5.41) is 4.27. The number of aromatic nitrogens is 3. The molecule has 186 valence electrons. The normalized spacial score (nSPS) is 14.6. The van der Waals surface area contributed by atoms with Gasteiger partial charge in [0.25, 0.3) is 0 Å². The summed E-state index contributed by atoms with van der Waals surface area (Å²) in [7, 11) is -3.46. The highest BCUT2D eigenvalue weighted by atomic mass is 32.2. The zero-order valence-electron chi connectivity index (χ0n) is 19.0. The Balaban J connectivity index is 1.50. The van der Waals surface area contributed by atoms with Gasteiger partial charge >= 0.3 is 6.18 Å². The molecule has 3 aromatic rings. The van der Waals surface area contributed by atoms with E-state index in [0.717, 1.165) is 11.3 Å². The second-order valence-corrected chi connectivity index (χ2v) is 11.6. The van der Waals surface area contributed by atoms with Crippen molar-refractivity contribution < 1.29 is 26.4 Å². The van der Waals surface area contributed by atoms with Crippen molar-refractivity contribution in [3.05, 3.63) is 52.9 Å². The van der Waals surface area contributed by atoms with Crippen LogP contribution in [-0.4, -0.2) is 34.5 Å². The van der Waals surface area contributed by atoms with Crippen molar-refractivity contribution in [3.63, 3.8) is 0 Å². The maximum Gasteiger partial charge on any atom is 0.434 e. The number of nitrogens with one attached hydrogen (secondary N) is 2. The number of halogens is 3. The fourth-order valence-electron chi connectivity index (χ4n) is 3.19. The zero-order valence-corrected chi connectivity index (χ0v) is 20.6. The first-order valence-corrected chi connectivity index (χ1v) is 13.0. The number of anilines is 2. The van der Waals surface area contributed by atoms with Gasteiger partial charge in [-0.05, 0) is 51.3 Å². The number of alkyl halides is 3. The molecule has 13 heteroatoms. The highest BCUT2D eigenvalue weighted by Crippen LogP contribution is 2.34. The van der Waals surface area contributed by atoms with E-state index < -0.39 is 27.3 Å². The van der Waals surface area contributed by atoms with Gasteiger partial charge in [-0.15, -0.1) is 11.3 Å². The number of carbonyl (C=O) groups excluding carboxylic acids is 1. The van der Waals surface area contributed by atoms with Crippen LogP contribution in [0.25, 0.3) is 11.3 Å². The number of amides is 1. The number of hydrogen-bond donors (Lipinski definition) is 2. The Labute approximate surface area is 204 Å². The predicted octanol–water partition coefficient (Wildman–Crippen LogP) is 4.75. The summed E-state index contributed by atoms with van der Waals surface area (Å²) in [6.07, 6.45) is -1.46. The molecule has 1 amide bonds. The van der Waals surface area contributed by atoms with E-state index in [9.17, 15) is 26.4 Å². The smallest absolute Gasteiger partial charge is 0.325 e. The Morgan fingerprint density at radius 3 is 2.46 bits per heavy atom. The summed E-state index contributed by atoms with van der Waals surface area (Å²) in [5.74, 6) is -0.380. The molecular formula is C22H22F3N5O3S2. The van der Waals surface area contributed by atoms with E-state index in [1.54, 1.807) is 44.4 Å². The Morgan fingerprint density at radius 1 is 1.11 bits per heavy atom. The van der Waals surface area contributed by atoms with Crippen LogP contribution in [0.4, 0.5) is 24.0 Å². The minimum Gasteiger partial charge on any atom is -0.325 e. The topological polar surface area (TPSA) is 114 Å². The third-order valence-corrected chi connectivity index (χ3v) is 8.31. The van der Waals surface area contributed by atoms with Crippen molar-refractivity contribution >= 4 is 38.1 Å². The standard InChI is InChI=1S/C22H22F3N5O3S2/c1-12-8-13(16-9-26-10-17(27-16)22(23,24)25)4-7-15(12)28-19(31)21(2,3)18-11-34-20(29-18)30-35(32,33)14-5-6-14/h4,7-11,14H,5-6H2,1-3H3,(H,28,31)(H,29,30). The fraction of sp³-hybridized carbons (Fsp3) is 0.364. The van der Waals surface area contributed by atoms with Gasteiger partial charge in [0.05, 0.1) is 34.4 Å². The molecule has 8 nitrogen and oxygen atoms in total. The lowest BCUT2D eigenvalue weighted by Crippen LogP contribution is -2.35. The first-order valence-electron chi connectivity index (χ1n) is 10.6. The molecule has 1 aliphatic rings. The van der Waals surface area contributed by atoms with E-state index in [-0.39, 0.29) is 22.0 Å². The molecule has 4 rings (SSSR count). The van der Waals surface area contributed by atoms with Crippen molar-refractivity contribution in [2.75, 3.05) is 10.0 Å². The first-order chi connectivity index (χ1) is 16.3. The average molecular weight is 526 g/mol. The number of aryl methyl sites for hydroxylation is 1. The number of hydrogen-bond acceptors (Lipinski definition) is 7. The van der Waals surface area contributed by atoms with E-state index in [1.165, 1.54) is 6.20 Å². The minimum absolute atomic E-state index is 0.0600. The largest absolute Gasteiger partial charge is 0.434 e. The number of thiazole rings is 1. The van der Waals surface area contributed by atoms with Gasteiger partial charge in [0.15, 0.2) is 10.8 Å². The second kappa shape index (κ2) is 8.86. The third kappa shape index (κ3) is 5.45. The molecule has 1 fully saturated rings. The molecule has 0 spiro atoms. The fourth-order valence-corrected chi connectivity index (χ4v) is 5.67. The number of carbonyl (C=O) groups is 1. The van der Waals surface area contributed by atoms with E-state index in [4.69, 9.17) is 0 Å². The third-order valence-electron chi connectivity index (χ3n) is 5.60. The van der Waals surface area contributed by atoms with Crippen molar-refractivity contribution in [1.82, 2.24) is 15.0 Å². The van der Waals surface area contributed by atoms with Crippen molar-refractivity contribution in [2.45, 2.75) is 50.5 Å². The maximum absolute atomic E-state index is 13.1. The number of nitrogens with zero attached hydrogens (tertiary/aromatic N) is 3. The number of rotatable bonds is 7. The lowest BCUT2D eigenvalue weighted by molar-refractivity contribution is -0.141. The molecule has 1 saturated carbocycles. The number of benzene rings is 1. The van der Waals surface area contributed by atoms with E-state index in [0.29, 0.717) is 41.5 Å². The van der Waals surface area contributed by atoms with Crippen molar-refractivity contribution in [2.24, 2.45) is 0 Å². The molecule has 35 heavy (non-hydrogen) atoms. The maximum atomic E-state index is 13.1. The molecule has 0 aliphatic heterocycles. The lowest BCUT2D eigenvalue weighted by Gasteiger charge is -2.22. The average Bonchev–Trinajstić information content (AvgIpc) is 3.55. The zero-order chi connectivity index (χ0) is 25.6. The van der Waals surface area contributed by atoms with Gasteiger partial charge in [0.1, 0.15) is 0 Å². The highest BCUT2D eigenvalue weighted by molar-refractivity contribution is 7.93.